The van der Waals surface area contributed by atoms with Gasteiger partial charge in [-0.2, -0.15) is 0 Å². The molecule has 0 saturated carbocycles. The normalized spacial score (nSPS) is 18.3. The molecule has 0 spiro atoms. The van der Waals surface area contributed by atoms with Gasteiger partial charge in [-0.05, 0) is 29.8 Å². The minimum absolute atomic E-state index is 0.427. The van der Waals surface area contributed by atoms with Crippen LogP contribution in [0, 0.1) is 0 Å². The number of benzene rings is 3. The van der Waals surface area contributed by atoms with Crippen LogP contribution >= 0.6 is 0 Å². The largest absolute Gasteiger partial charge is 0.497 e. The van der Waals surface area contributed by atoms with Gasteiger partial charge in [0.05, 0.1) is 41.5 Å². The fourth-order valence-corrected chi connectivity index (χ4v) is 4.62. The summed E-state index contributed by atoms with van der Waals surface area (Å²) in [6, 6.07) is 16.7. The Labute approximate surface area is 210 Å². The van der Waals surface area contributed by atoms with Crippen LogP contribution in [0.1, 0.15) is 35.6 Å². The summed E-state index contributed by atoms with van der Waals surface area (Å²) < 4.78 is 40.2. The summed E-state index contributed by atoms with van der Waals surface area (Å²) >= 11 is 0. The Kier molecular flexibility index (Phi) is 7.43. The van der Waals surface area contributed by atoms with E-state index in [4.69, 9.17) is 33.2 Å². The van der Waals surface area contributed by atoms with Gasteiger partial charge >= 0.3 is 5.97 Å². The molecule has 190 valence electrons. The maximum absolute atomic E-state index is 12.4. The number of hydrogen-bond acceptors (Lipinski definition) is 8. The van der Waals surface area contributed by atoms with Crippen LogP contribution < -0.4 is 28.4 Å². The fourth-order valence-electron chi connectivity index (χ4n) is 4.62. The molecule has 0 saturated heterocycles. The highest BCUT2D eigenvalue weighted by Gasteiger charge is 2.45. The molecular formula is C28H30O8. The van der Waals surface area contributed by atoms with Crippen LogP contribution in [0.3, 0.4) is 0 Å². The van der Waals surface area contributed by atoms with Gasteiger partial charge in [0.2, 0.25) is 5.75 Å². The van der Waals surface area contributed by atoms with Crippen molar-refractivity contribution in [1.29, 1.82) is 0 Å². The summed E-state index contributed by atoms with van der Waals surface area (Å²) in [4.78, 5) is 12.4. The molecule has 1 aliphatic heterocycles. The molecule has 3 atom stereocenters. The molecule has 0 bridgehead atoms. The number of esters is 1. The highest BCUT2D eigenvalue weighted by molar-refractivity contribution is 5.68. The van der Waals surface area contributed by atoms with Crippen LogP contribution in [-0.2, 0) is 9.53 Å². The lowest BCUT2D eigenvalue weighted by Gasteiger charge is -2.40. The first-order valence-electron chi connectivity index (χ1n) is 11.4. The zero-order chi connectivity index (χ0) is 25.8. The SMILES string of the molecule is COc1ccc([C@H]2Oc3c(ccc(OC)c3OC)[C@H](c3ccc(OC)cc3OC)[C@H]2OC(C)=O)cc1. The molecule has 0 amide bonds. The summed E-state index contributed by atoms with van der Waals surface area (Å²) in [6.45, 7) is 1.39. The second-order valence-corrected chi connectivity index (χ2v) is 8.19. The third-order valence-corrected chi connectivity index (χ3v) is 6.26. The third-order valence-electron chi connectivity index (χ3n) is 6.26. The van der Waals surface area contributed by atoms with Crippen molar-refractivity contribution in [3.8, 4) is 34.5 Å². The summed E-state index contributed by atoms with van der Waals surface area (Å²) in [6.07, 6.45) is -1.38. The molecule has 3 aromatic rings. The first-order chi connectivity index (χ1) is 17.4. The minimum atomic E-state index is -0.719. The Morgan fingerprint density at radius 3 is 1.94 bits per heavy atom. The zero-order valence-corrected chi connectivity index (χ0v) is 21.2. The Hall–Kier alpha value is -4.07. The van der Waals surface area contributed by atoms with E-state index in [1.807, 2.05) is 48.5 Å². The van der Waals surface area contributed by atoms with E-state index in [1.54, 1.807) is 41.6 Å². The maximum Gasteiger partial charge on any atom is 0.303 e. The third kappa shape index (κ3) is 4.58. The van der Waals surface area contributed by atoms with Crippen molar-refractivity contribution in [2.24, 2.45) is 0 Å². The number of fused-ring (bicyclic) bond motifs is 1. The fraction of sp³-hybridized carbons (Fsp3) is 0.321. The van der Waals surface area contributed by atoms with Gasteiger partial charge in [0.25, 0.3) is 0 Å². The molecule has 8 nitrogen and oxygen atoms in total. The molecule has 0 aliphatic carbocycles. The molecule has 36 heavy (non-hydrogen) atoms. The predicted octanol–water partition coefficient (Wildman–Crippen LogP) is 4.93. The van der Waals surface area contributed by atoms with Crippen molar-refractivity contribution in [2.45, 2.75) is 25.0 Å². The highest BCUT2D eigenvalue weighted by Crippen LogP contribution is 2.54. The number of rotatable bonds is 8. The Balaban J connectivity index is 1.99. The Bertz CT molecular complexity index is 1220. The molecule has 4 rings (SSSR count). The minimum Gasteiger partial charge on any atom is -0.497 e. The lowest BCUT2D eigenvalue weighted by molar-refractivity contribution is -0.153. The van der Waals surface area contributed by atoms with E-state index in [2.05, 4.69) is 0 Å². The van der Waals surface area contributed by atoms with Crippen molar-refractivity contribution >= 4 is 5.97 Å². The van der Waals surface area contributed by atoms with E-state index in [1.165, 1.54) is 6.92 Å². The number of methoxy groups -OCH3 is 5. The topological polar surface area (TPSA) is 81.7 Å². The van der Waals surface area contributed by atoms with Gasteiger partial charge in [-0.15, -0.1) is 0 Å². The van der Waals surface area contributed by atoms with E-state index < -0.39 is 24.1 Å². The van der Waals surface area contributed by atoms with Crippen LogP contribution in [0.2, 0.25) is 0 Å². The van der Waals surface area contributed by atoms with Crippen LogP contribution in [0.15, 0.2) is 54.6 Å². The monoisotopic (exact) mass is 494 g/mol. The van der Waals surface area contributed by atoms with Gasteiger partial charge in [0.1, 0.15) is 17.2 Å². The number of carbonyl (C=O) groups is 1. The molecular weight excluding hydrogens is 464 g/mol. The quantitative estimate of drug-likeness (QED) is 0.408. The van der Waals surface area contributed by atoms with Gasteiger partial charge in [-0.3, -0.25) is 4.79 Å². The van der Waals surface area contributed by atoms with Crippen LogP contribution in [0.5, 0.6) is 34.5 Å². The maximum atomic E-state index is 12.4. The number of carbonyl (C=O) groups excluding carboxylic acids is 1. The summed E-state index contributed by atoms with van der Waals surface area (Å²) in [5.74, 6) is 2.53. The van der Waals surface area contributed by atoms with Crippen molar-refractivity contribution < 1.29 is 38.0 Å². The summed E-state index contributed by atoms with van der Waals surface area (Å²) in [5.41, 5.74) is 2.38. The highest BCUT2D eigenvalue weighted by atomic mass is 16.6. The average Bonchev–Trinajstić information content (AvgIpc) is 2.91. The summed E-state index contributed by atoms with van der Waals surface area (Å²) in [7, 11) is 7.92. The van der Waals surface area contributed by atoms with E-state index in [0.29, 0.717) is 34.5 Å². The average molecular weight is 495 g/mol. The van der Waals surface area contributed by atoms with Crippen molar-refractivity contribution in [3.63, 3.8) is 0 Å². The van der Waals surface area contributed by atoms with Crippen LogP contribution in [-0.4, -0.2) is 47.6 Å². The first kappa shape index (κ1) is 25.0. The molecule has 8 heteroatoms. The molecule has 0 radical (unpaired) electrons. The Morgan fingerprint density at radius 1 is 0.722 bits per heavy atom. The molecule has 0 fully saturated rings. The number of hydrogen-bond donors (Lipinski definition) is 0. The predicted molar refractivity (Wildman–Crippen MR) is 133 cm³/mol. The second kappa shape index (κ2) is 10.7. The molecule has 3 aromatic carbocycles. The van der Waals surface area contributed by atoms with Gasteiger partial charge in [0, 0.05) is 24.1 Å². The van der Waals surface area contributed by atoms with Crippen molar-refractivity contribution in [3.05, 3.63) is 71.3 Å². The molecule has 0 N–H and O–H groups in total. The second-order valence-electron chi connectivity index (χ2n) is 8.19. The number of ether oxygens (including phenoxy) is 7. The first-order valence-corrected chi connectivity index (χ1v) is 11.4. The van der Waals surface area contributed by atoms with Crippen molar-refractivity contribution in [1.82, 2.24) is 0 Å². The smallest absolute Gasteiger partial charge is 0.303 e. The van der Waals surface area contributed by atoms with Crippen LogP contribution in [0.25, 0.3) is 0 Å². The van der Waals surface area contributed by atoms with E-state index >= 15 is 0 Å². The van der Waals surface area contributed by atoms with Crippen LogP contribution in [0.4, 0.5) is 0 Å². The lowest BCUT2D eigenvalue weighted by Crippen LogP contribution is -2.38. The lowest BCUT2D eigenvalue weighted by atomic mass is 9.79. The summed E-state index contributed by atoms with van der Waals surface area (Å²) in [5, 5.41) is 0. The zero-order valence-electron chi connectivity index (χ0n) is 21.2. The van der Waals surface area contributed by atoms with Gasteiger partial charge in [0.15, 0.2) is 23.7 Å². The van der Waals surface area contributed by atoms with Crippen molar-refractivity contribution in [2.75, 3.05) is 35.5 Å². The van der Waals surface area contributed by atoms with Gasteiger partial charge in [-0.1, -0.05) is 24.3 Å². The van der Waals surface area contributed by atoms with E-state index in [0.717, 1.165) is 16.7 Å². The molecule has 0 aromatic heterocycles. The Morgan fingerprint density at radius 2 is 1.36 bits per heavy atom. The van der Waals surface area contributed by atoms with E-state index in [9.17, 15) is 4.79 Å². The molecule has 1 heterocycles. The molecule has 0 unspecified atom stereocenters. The standard InChI is InChI=1S/C28H30O8/c1-16(29)35-28-24(20-12-11-19(31-3)15-23(20)33-5)21-13-14-22(32-4)27(34-6)26(21)36-25(28)17-7-9-18(30-2)10-8-17/h7-15,24-25,28H,1-6H3/t24-,25+,28+/m0/s1. The van der Waals surface area contributed by atoms with Gasteiger partial charge < -0.3 is 33.2 Å². The van der Waals surface area contributed by atoms with Gasteiger partial charge in [-0.25, -0.2) is 0 Å². The van der Waals surface area contributed by atoms with E-state index in [-0.39, 0.29) is 0 Å². The molecule has 1 aliphatic rings.